The molecule has 0 spiro atoms. The number of fused-ring (bicyclic) bond motifs is 1. The topological polar surface area (TPSA) is 68.3 Å². The molecule has 0 fully saturated rings. The molecule has 2 atom stereocenters. The molecule has 1 N–H and O–H groups in total. The lowest BCUT2D eigenvalue weighted by atomic mass is 9.71. The van der Waals surface area contributed by atoms with E-state index in [9.17, 15) is 9.59 Å². The maximum absolute atomic E-state index is 13.1. The zero-order chi connectivity index (χ0) is 20.2. The molecule has 4 rings (SSSR count). The van der Waals surface area contributed by atoms with Crippen LogP contribution in [0, 0.1) is 5.92 Å². The van der Waals surface area contributed by atoms with Crippen molar-refractivity contribution in [2.45, 2.75) is 32.1 Å². The number of nitrogens with zero attached hydrogens (tertiary/aromatic N) is 1. The van der Waals surface area contributed by atoms with E-state index < -0.39 is 5.92 Å². The summed E-state index contributed by atoms with van der Waals surface area (Å²) in [7, 11) is 0. The van der Waals surface area contributed by atoms with Gasteiger partial charge >= 0.3 is 5.97 Å². The number of ether oxygens (including phenoxy) is 1. The average molecular weight is 388 g/mol. The number of nitrogens with one attached hydrogen (secondary N) is 1. The standard InChI is InChI=1S/C24H24N2O3/c1-16-21(24(28)29-14-12-17-7-3-2-4-8-17)22(18-9-6-13-25-15-18)23-19(26-16)10-5-11-20(23)27/h2-4,6-10,13,15,22-23,26H,5,11-12,14H2,1H3. The molecule has 148 valence electrons. The van der Waals surface area contributed by atoms with Gasteiger partial charge in [-0.15, -0.1) is 0 Å². The largest absolute Gasteiger partial charge is 0.462 e. The summed E-state index contributed by atoms with van der Waals surface area (Å²) in [6.07, 6.45) is 7.36. The summed E-state index contributed by atoms with van der Waals surface area (Å²) >= 11 is 0. The zero-order valence-electron chi connectivity index (χ0n) is 16.4. The van der Waals surface area contributed by atoms with Gasteiger partial charge in [0.05, 0.1) is 18.1 Å². The molecular weight excluding hydrogens is 364 g/mol. The van der Waals surface area contributed by atoms with Crippen LogP contribution in [0.4, 0.5) is 0 Å². The fourth-order valence-electron chi connectivity index (χ4n) is 4.19. The molecule has 2 aromatic rings. The molecule has 1 aliphatic carbocycles. The van der Waals surface area contributed by atoms with Gasteiger partial charge in [0, 0.05) is 42.5 Å². The summed E-state index contributed by atoms with van der Waals surface area (Å²) in [5, 5.41) is 3.29. The SMILES string of the molecule is CC1=C(C(=O)OCCc2ccccc2)C(c2cccnc2)C2C(=O)CCC=C2N1. The predicted octanol–water partition coefficient (Wildman–Crippen LogP) is 3.69. The molecule has 0 radical (unpaired) electrons. The van der Waals surface area contributed by atoms with Crippen molar-refractivity contribution < 1.29 is 14.3 Å². The van der Waals surface area contributed by atoms with Crippen LogP contribution in [0.25, 0.3) is 0 Å². The fourth-order valence-corrected chi connectivity index (χ4v) is 4.19. The Morgan fingerprint density at radius 3 is 2.76 bits per heavy atom. The Hall–Kier alpha value is -3.21. The molecule has 0 saturated carbocycles. The average Bonchev–Trinajstić information content (AvgIpc) is 2.74. The number of pyridine rings is 1. The quantitative estimate of drug-likeness (QED) is 0.791. The second-order valence-electron chi connectivity index (χ2n) is 7.44. The van der Waals surface area contributed by atoms with Gasteiger partial charge in [-0.05, 0) is 30.5 Å². The molecule has 5 heteroatoms. The first-order valence-corrected chi connectivity index (χ1v) is 9.96. The van der Waals surface area contributed by atoms with Crippen molar-refractivity contribution in [2.75, 3.05) is 6.61 Å². The summed E-state index contributed by atoms with van der Waals surface area (Å²) in [5.74, 6) is -1.01. The minimum absolute atomic E-state index is 0.144. The fraction of sp³-hybridized carbons (Fsp3) is 0.292. The van der Waals surface area contributed by atoms with E-state index in [4.69, 9.17) is 4.74 Å². The van der Waals surface area contributed by atoms with Crippen molar-refractivity contribution in [3.63, 3.8) is 0 Å². The van der Waals surface area contributed by atoms with Crippen LogP contribution < -0.4 is 5.32 Å². The number of esters is 1. The Morgan fingerprint density at radius 1 is 1.17 bits per heavy atom. The predicted molar refractivity (Wildman–Crippen MR) is 110 cm³/mol. The molecule has 2 unspecified atom stereocenters. The van der Waals surface area contributed by atoms with Crippen molar-refractivity contribution in [1.29, 1.82) is 0 Å². The maximum Gasteiger partial charge on any atom is 0.336 e. The van der Waals surface area contributed by atoms with Gasteiger partial charge in [0.25, 0.3) is 0 Å². The summed E-state index contributed by atoms with van der Waals surface area (Å²) in [4.78, 5) is 30.1. The van der Waals surface area contributed by atoms with Gasteiger partial charge in [-0.1, -0.05) is 42.5 Å². The van der Waals surface area contributed by atoms with Crippen molar-refractivity contribution in [1.82, 2.24) is 10.3 Å². The first-order valence-electron chi connectivity index (χ1n) is 9.96. The Bertz CT molecular complexity index is 964. The van der Waals surface area contributed by atoms with E-state index in [0.29, 0.717) is 25.0 Å². The second kappa shape index (κ2) is 8.43. The van der Waals surface area contributed by atoms with Crippen molar-refractivity contribution >= 4 is 11.8 Å². The molecule has 0 amide bonds. The van der Waals surface area contributed by atoms with Gasteiger partial charge in [-0.2, -0.15) is 0 Å². The van der Waals surface area contributed by atoms with Crippen molar-refractivity contribution in [3.05, 3.63) is 89.0 Å². The number of rotatable bonds is 5. The Kier molecular flexibility index (Phi) is 5.56. The summed E-state index contributed by atoms with van der Waals surface area (Å²) in [6.45, 7) is 2.16. The van der Waals surface area contributed by atoms with Crippen LogP contribution in [-0.2, 0) is 20.7 Å². The first-order chi connectivity index (χ1) is 14.1. The first kappa shape index (κ1) is 19.1. The molecule has 1 aromatic heterocycles. The van der Waals surface area contributed by atoms with E-state index >= 15 is 0 Å². The lowest BCUT2D eigenvalue weighted by Crippen LogP contribution is -2.40. The Morgan fingerprint density at radius 2 is 2.00 bits per heavy atom. The van der Waals surface area contributed by atoms with Crippen LogP contribution in [0.15, 0.2) is 77.9 Å². The van der Waals surface area contributed by atoms with Crippen LogP contribution in [0.2, 0.25) is 0 Å². The Balaban J connectivity index is 1.62. The third-order valence-corrected chi connectivity index (χ3v) is 5.55. The van der Waals surface area contributed by atoms with Crippen LogP contribution in [0.3, 0.4) is 0 Å². The van der Waals surface area contributed by atoms with Crippen LogP contribution >= 0.6 is 0 Å². The van der Waals surface area contributed by atoms with Gasteiger partial charge in [0.1, 0.15) is 5.78 Å². The molecule has 1 aromatic carbocycles. The van der Waals surface area contributed by atoms with E-state index in [2.05, 4.69) is 16.4 Å². The molecule has 0 saturated heterocycles. The van der Waals surface area contributed by atoms with Crippen molar-refractivity contribution in [3.8, 4) is 0 Å². The van der Waals surface area contributed by atoms with Crippen LogP contribution in [0.5, 0.6) is 0 Å². The van der Waals surface area contributed by atoms with Gasteiger partial charge in [-0.3, -0.25) is 9.78 Å². The number of ketones is 1. The molecule has 2 aliphatic rings. The lowest BCUT2D eigenvalue weighted by Gasteiger charge is -2.37. The highest BCUT2D eigenvalue weighted by atomic mass is 16.5. The van der Waals surface area contributed by atoms with E-state index in [1.807, 2.05) is 49.4 Å². The molecule has 29 heavy (non-hydrogen) atoms. The number of benzene rings is 1. The van der Waals surface area contributed by atoms with E-state index in [1.54, 1.807) is 12.4 Å². The number of carbonyl (C=O) groups is 2. The highest BCUT2D eigenvalue weighted by Gasteiger charge is 2.43. The normalized spacial score (nSPS) is 21.1. The number of carbonyl (C=O) groups excluding carboxylic acids is 2. The number of hydrogen-bond donors (Lipinski definition) is 1. The second-order valence-corrected chi connectivity index (χ2v) is 7.44. The summed E-state index contributed by atoms with van der Waals surface area (Å²) in [6, 6.07) is 13.7. The van der Waals surface area contributed by atoms with Gasteiger partial charge in [-0.25, -0.2) is 4.79 Å². The third-order valence-electron chi connectivity index (χ3n) is 5.55. The minimum atomic E-state index is -0.395. The molecule has 0 bridgehead atoms. The number of allylic oxidation sites excluding steroid dienone is 3. The van der Waals surface area contributed by atoms with Gasteiger partial charge in [0.15, 0.2) is 0 Å². The number of Topliss-reactive ketones (excluding diaryl/α,β-unsaturated/α-hetero) is 1. The summed E-state index contributed by atoms with van der Waals surface area (Å²) < 4.78 is 5.63. The van der Waals surface area contributed by atoms with Crippen LogP contribution in [0.1, 0.15) is 36.8 Å². The molecule has 1 aliphatic heterocycles. The van der Waals surface area contributed by atoms with Crippen molar-refractivity contribution in [2.24, 2.45) is 5.92 Å². The highest BCUT2D eigenvalue weighted by molar-refractivity contribution is 5.96. The van der Waals surface area contributed by atoms with E-state index in [-0.39, 0.29) is 17.7 Å². The molecule has 5 nitrogen and oxygen atoms in total. The smallest absolute Gasteiger partial charge is 0.336 e. The van der Waals surface area contributed by atoms with E-state index in [1.165, 1.54) is 0 Å². The number of aromatic nitrogens is 1. The lowest BCUT2D eigenvalue weighted by molar-refractivity contribution is -0.139. The monoisotopic (exact) mass is 388 g/mol. The van der Waals surface area contributed by atoms with Gasteiger partial charge < -0.3 is 10.1 Å². The Labute approximate surface area is 170 Å². The third kappa shape index (κ3) is 3.99. The molecule has 2 heterocycles. The van der Waals surface area contributed by atoms with Gasteiger partial charge in [0.2, 0.25) is 0 Å². The minimum Gasteiger partial charge on any atom is -0.462 e. The maximum atomic E-state index is 13.1. The summed E-state index contributed by atoms with van der Waals surface area (Å²) in [5.41, 5.74) is 4.11. The highest BCUT2D eigenvalue weighted by Crippen LogP contribution is 2.43. The number of hydrogen-bond acceptors (Lipinski definition) is 5. The zero-order valence-corrected chi connectivity index (χ0v) is 16.4. The van der Waals surface area contributed by atoms with Crippen LogP contribution in [-0.4, -0.2) is 23.3 Å². The van der Waals surface area contributed by atoms with E-state index in [0.717, 1.165) is 28.9 Å². The molecular formula is C24H24N2O3.